The Hall–Kier alpha value is -0.0800. The van der Waals surface area contributed by atoms with Crippen molar-refractivity contribution in [3.8, 4) is 0 Å². The van der Waals surface area contributed by atoms with E-state index in [1.54, 1.807) is 0 Å². The average molecular weight is 187 g/mol. The van der Waals surface area contributed by atoms with Crippen molar-refractivity contribution < 1.29 is 5.11 Å². The molecule has 0 radical (unpaired) electrons. The van der Waals surface area contributed by atoms with Gasteiger partial charge in [0.25, 0.3) is 0 Å². The molecule has 0 fully saturated rings. The Balaban J connectivity index is 3.50. The second kappa shape index (κ2) is 7.34. The zero-order chi connectivity index (χ0) is 10.3. The van der Waals surface area contributed by atoms with Crippen molar-refractivity contribution in [1.29, 1.82) is 0 Å². The zero-order valence-corrected chi connectivity index (χ0v) is 9.51. The van der Waals surface area contributed by atoms with E-state index in [1.165, 1.54) is 12.8 Å². The highest BCUT2D eigenvalue weighted by atomic mass is 16.3. The van der Waals surface area contributed by atoms with Crippen molar-refractivity contribution >= 4 is 0 Å². The minimum Gasteiger partial charge on any atom is -0.396 e. The molecule has 0 heterocycles. The molecule has 0 spiro atoms. The van der Waals surface area contributed by atoms with Crippen LogP contribution in [0.2, 0.25) is 0 Å². The van der Waals surface area contributed by atoms with Gasteiger partial charge in [-0.25, -0.2) is 0 Å². The minimum absolute atomic E-state index is 0.274. The van der Waals surface area contributed by atoms with E-state index < -0.39 is 0 Å². The molecule has 0 bridgehead atoms. The Morgan fingerprint density at radius 1 is 1.23 bits per heavy atom. The monoisotopic (exact) mass is 187 g/mol. The molecule has 0 rings (SSSR count). The Bertz CT molecular complexity index is 117. The van der Waals surface area contributed by atoms with Gasteiger partial charge in [-0.15, -0.1) is 0 Å². The molecule has 0 saturated heterocycles. The highest BCUT2D eigenvalue weighted by molar-refractivity contribution is 4.68. The molecule has 2 N–H and O–H groups in total. The Labute approximate surface area is 82.7 Å². The van der Waals surface area contributed by atoms with Crippen molar-refractivity contribution in [3.63, 3.8) is 0 Å². The molecule has 0 aliphatic rings. The largest absolute Gasteiger partial charge is 0.396 e. The average Bonchev–Trinajstić information content (AvgIpc) is 2.13. The van der Waals surface area contributed by atoms with Crippen LogP contribution >= 0.6 is 0 Å². The van der Waals surface area contributed by atoms with Crippen LogP contribution < -0.4 is 5.32 Å². The maximum absolute atomic E-state index is 8.93. The lowest BCUT2D eigenvalue weighted by Gasteiger charge is -2.21. The van der Waals surface area contributed by atoms with Crippen LogP contribution in [0.3, 0.4) is 0 Å². The van der Waals surface area contributed by atoms with Crippen molar-refractivity contribution in [2.24, 2.45) is 11.8 Å². The van der Waals surface area contributed by atoms with Gasteiger partial charge in [0, 0.05) is 12.6 Å². The van der Waals surface area contributed by atoms with Gasteiger partial charge in [-0.2, -0.15) is 0 Å². The van der Waals surface area contributed by atoms with E-state index in [4.69, 9.17) is 5.11 Å². The third kappa shape index (κ3) is 6.05. The lowest BCUT2D eigenvalue weighted by Crippen LogP contribution is -2.36. The maximum Gasteiger partial charge on any atom is 0.0471 e. The fourth-order valence-electron chi connectivity index (χ4n) is 1.34. The van der Waals surface area contributed by atoms with Gasteiger partial charge in [-0.3, -0.25) is 0 Å². The predicted molar refractivity (Wildman–Crippen MR) is 57.8 cm³/mol. The normalized spacial score (nSPS) is 18.2. The van der Waals surface area contributed by atoms with E-state index in [-0.39, 0.29) is 6.61 Å². The lowest BCUT2D eigenvalue weighted by molar-refractivity contribution is 0.204. The molecule has 3 unspecified atom stereocenters. The van der Waals surface area contributed by atoms with Gasteiger partial charge in [0.2, 0.25) is 0 Å². The summed E-state index contributed by atoms with van der Waals surface area (Å²) in [6.45, 7) is 10.0. The molecule has 3 atom stereocenters. The smallest absolute Gasteiger partial charge is 0.0471 e. The third-order valence-electron chi connectivity index (χ3n) is 2.71. The number of nitrogens with one attached hydrogen (secondary N) is 1. The van der Waals surface area contributed by atoms with Gasteiger partial charge in [-0.05, 0) is 31.7 Å². The number of aliphatic hydroxyl groups is 1. The SMILES string of the molecule is CCCC(C)CNC(C)C(C)CO. The molecule has 0 aromatic carbocycles. The fraction of sp³-hybridized carbons (Fsp3) is 1.00. The quantitative estimate of drug-likeness (QED) is 0.639. The summed E-state index contributed by atoms with van der Waals surface area (Å²) in [6, 6.07) is 0.421. The van der Waals surface area contributed by atoms with Crippen LogP contribution in [0.25, 0.3) is 0 Å². The number of hydrogen-bond donors (Lipinski definition) is 2. The van der Waals surface area contributed by atoms with Crippen molar-refractivity contribution in [1.82, 2.24) is 5.32 Å². The number of rotatable bonds is 7. The first-order valence-electron chi connectivity index (χ1n) is 5.46. The topological polar surface area (TPSA) is 32.3 Å². The summed E-state index contributed by atoms with van der Waals surface area (Å²) in [7, 11) is 0. The van der Waals surface area contributed by atoms with Gasteiger partial charge in [-0.1, -0.05) is 27.2 Å². The molecule has 80 valence electrons. The van der Waals surface area contributed by atoms with Crippen LogP contribution in [-0.4, -0.2) is 24.3 Å². The van der Waals surface area contributed by atoms with E-state index in [1.807, 2.05) is 0 Å². The Morgan fingerprint density at radius 3 is 2.31 bits per heavy atom. The van der Waals surface area contributed by atoms with Crippen LogP contribution in [0.15, 0.2) is 0 Å². The van der Waals surface area contributed by atoms with Gasteiger partial charge >= 0.3 is 0 Å². The molecule has 0 aromatic heterocycles. The minimum atomic E-state index is 0.274. The van der Waals surface area contributed by atoms with Crippen molar-refractivity contribution in [2.45, 2.75) is 46.6 Å². The van der Waals surface area contributed by atoms with Gasteiger partial charge in [0.05, 0.1) is 0 Å². The van der Waals surface area contributed by atoms with Gasteiger partial charge in [0.1, 0.15) is 0 Å². The molecule has 0 saturated carbocycles. The highest BCUT2D eigenvalue weighted by Gasteiger charge is 2.11. The van der Waals surface area contributed by atoms with Crippen LogP contribution in [0.4, 0.5) is 0 Å². The third-order valence-corrected chi connectivity index (χ3v) is 2.71. The predicted octanol–water partition coefficient (Wildman–Crippen LogP) is 2.03. The molecule has 2 heteroatoms. The second-order valence-electron chi connectivity index (χ2n) is 4.25. The first-order valence-corrected chi connectivity index (χ1v) is 5.46. The van der Waals surface area contributed by atoms with E-state index in [2.05, 4.69) is 33.0 Å². The molecule has 0 amide bonds. The first kappa shape index (κ1) is 12.9. The van der Waals surface area contributed by atoms with Crippen LogP contribution in [0.1, 0.15) is 40.5 Å². The summed E-state index contributed by atoms with van der Waals surface area (Å²) < 4.78 is 0. The molecule has 13 heavy (non-hydrogen) atoms. The van der Waals surface area contributed by atoms with Gasteiger partial charge in [0.15, 0.2) is 0 Å². The lowest BCUT2D eigenvalue weighted by atomic mass is 10.0. The zero-order valence-electron chi connectivity index (χ0n) is 9.51. The van der Waals surface area contributed by atoms with Crippen LogP contribution in [0, 0.1) is 11.8 Å². The fourth-order valence-corrected chi connectivity index (χ4v) is 1.34. The summed E-state index contributed by atoms with van der Waals surface area (Å²) in [5.74, 6) is 1.10. The van der Waals surface area contributed by atoms with E-state index >= 15 is 0 Å². The highest BCUT2D eigenvalue weighted by Crippen LogP contribution is 2.05. The second-order valence-corrected chi connectivity index (χ2v) is 4.25. The Morgan fingerprint density at radius 2 is 1.85 bits per heavy atom. The van der Waals surface area contributed by atoms with Crippen LogP contribution in [0.5, 0.6) is 0 Å². The molecular weight excluding hydrogens is 162 g/mol. The molecule has 0 aromatic rings. The molecule has 0 aliphatic carbocycles. The molecule has 2 nitrogen and oxygen atoms in total. The van der Waals surface area contributed by atoms with Gasteiger partial charge < -0.3 is 10.4 Å². The van der Waals surface area contributed by atoms with Crippen molar-refractivity contribution in [2.75, 3.05) is 13.2 Å². The van der Waals surface area contributed by atoms with E-state index in [0.717, 1.165) is 12.5 Å². The summed E-state index contributed by atoms with van der Waals surface area (Å²) in [5, 5.41) is 12.4. The van der Waals surface area contributed by atoms with Crippen molar-refractivity contribution in [3.05, 3.63) is 0 Å². The summed E-state index contributed by atoms with van der Waals surface area (Å²) in [6.07, 6.45) is 2.54. The van der Waals surface area contributed by atoms with E-state index in [0.29, 0.717) is 12.0 Å². The van der Waals surface area contributed by atoms with Crippen LogP contribution in [-0.2, 0) is 0 Å². The first-order chi connectivity index (χ1) is 6.11. The number of aliphatic hydroxyl groups excluding tert-OH is 1. The Kier molecular flexibility index (Phi) is 7.29. The molecular formula is C11H25NO. The molecule has 0 aliphatic heterocycles. The number of hydrogen-bond acceptors (Lipinski definition) is 2. The summed E-state index contributed by atoms with van der Waals surface area (Å²) in [5.41, 5.74) is 0. The maximum atomic E-state index is 8.93. The summed E-state index contributed by atoms with van der Waals surface area (Å²) >= 11 is 0. The summed E-state index contributed by atoms with van der Waals surface area (Å²) in [4.78, 5) is 0. The van der Waals surface area contributed by atoms with E-state index in [9.17, 15) is 0 Å². The standard InChI is InChI=1S/C11H25NO/c1-5-6-9(2)7-12-11(4)10(3)8-13/h9-13H,5-8H2,1-4H3.